The zero-order valence-electron chi connectivity index (χ0n) is 13.0. The first-order valence-electron chi connectivity index (χ1n) is 7.50. The van der Waals surface area contributed by atoms with Crippen LogP contribution >= 0.6 is 23.4 Å². The zero-order valence-corrected chi connectivity index (χ0v) is 14.6. The average Bonchev–Trinajstić information content (AvgIpc) is 2.56. The minimum Gasteiger partial charge on any atom is -0.349 e. The summed E-state index contributed by atoms with van der Waals surface area (Å²) in [5, 5.41) is 3.66. The van der Waals surface area contributed by atoms with E-state index in [2.05, 4.69) is 29.6 Å². The maximum atomic E-state index is 12.0. The summed E-state index contributed by atoms with van der Waals surface area (Å²) in [6, 6.07) is 17.6. The van der Waals surface area contributed by atoms with Gasteiger partial charge in [0.2, 0.25) is 5.91 Å². The van der Waals surface area contributed by atoms with Gasteiger partial charge in [0, 0.05) is 10.8 Å². The van der Waals surface area contributed by atoms with Crippen LogP contribution in [0.5, 0.6) is 0 Å². The van der Waals surface area contributed by atoms with Gasteiger partial charge in [0.15, 0.2) is 0 Å². The smallest absolute Gasteiger partial charge is 0.230 e. The molecular formula is C19H20ClNOS. The van der Waals surface area contributed by atoms with E-state index in [0.29, 0.717) is 10.8 Å². The predicted molar refractivity (Wildman–Crippen MR) is 101 cm³/mol. The van der Waals surface area contributed by atoms with E-state index in [4.69, 9.17) is 11.6 Å². The van der Waals surface area contributed by atoms with Gasteiger partial charge in [-0.25, -0.2) is 0 Å². The number of hydrogen-bond donors (Lipinski definition) is 1. The zero-order chi connectivity index (χ0) is 16.5. The van der Waals surface area contributed by atoms with Gasteiger partial charge in [-0.15, -0.1) is 11.8 Å². The fourth-order valence-corrected chi connectivity index (χ4v) is 3.07. The van der Waals surface area contributed by atoms with E-state index in [1.807, 2.05) is 49.4 Å². The molecule has 0 heterocycles. The van der Waals surface area contributed by atoms with Crippen LogP contribution in [-0.4, -0.2) is 17.4 Å². The Hall–Kier alpha value is -1.71. The molecule has 2 rings (SSSR count). The summed E-state index contributed by atoms with van der Waals surface area (Å²) in [4.78, 5) is 12.0. The molecule has 2 aromatic carbocycles. The van der Waals surface area contributed by atoms with Crippen molar-refractivity contribution in [2.75, 3.05) is 11.5 Å². The van der Waals surface area contributed by atoms with Gasteiger partial charge in [-0.2, -0.15) is 0 Å². The van der Waals surface area contributed by atoms with Gasteiger partial charge < -0.3 is 5.32 Å². The van der Waals surface area contributed by atoms with Crippen molar-refractivity contribution < 1.29 is 4.79 Å². The van der Waals surface area contributed by atoms with Gasteiger partial charge in [0.05, 0.1) is 11.8 Å². The van der Waals surface area contributed by atoms with Crippen LogP contribution in [0.25, 0.3) is 6.08 Å². The highest BCUT2D eigenvalue weighted by Crippen LogP contribution is 2.22. The van der Waals surface area contributed by atoms with Gasteiger partial charge in [-0.05, 0) is 24.1 Å². The van der Waals surface area contributed by atoms with Crippen molar-refractivity contribution >= 4 is 35.3 Å². The molecule has 1 amide bonds. The van der Waals surface area contributed by atoms with Crippen molar-refractivity contribution in [3.63, 3.8) is 0 Å². The standard InChI is InChI=1S/C19H20ClNOS/c1-15(17-11-5-6-12-18(17)20)21-19(22)14-23-13-7-10-16-8-3-2-4-9-16/h2-12,15H,13-14H2,1H3,(H,21,22). The van der Waals surface area contributed by atoms with Crippen LogP contribution in [0.1, 0.15) is 24.1 Å². The molecule has 2 nitrogen and oxygen atoms in total. The number of halogens is 1. The Morgan fingerprint density at radius 3 is 2.61 bits per heavy atom. The number of carbonyl (C=O) groups is 1. The lowest BCUT2D eigenvalue weighted by molar-refractivity contribution is -0.119. The van der Waals surface area contributed by atoms with Crippen molar-refractivity contribution in [1.82, 2.24) is 5.32 Å². The molecule has 0 saturated heterocycles. The molecule has 0 spiro atoms. The fraction of sp³-hybridized carbons (Fsp3) is 0.211. The normalized spacial score (nSPS) is 12.3. The Kier molecular flexibility index (Phi) is 7.24. The lowest BCUT2D eigenvalue weighted by Crippen LogP contribution is -2.28. The third kappa shape index (κ3) is 6.12. The van der Waals surface area contributed by atoms with Crippen LogP contribution in [0.2, 0.25) is 5.02 Å². The molecule has 0 fully saturated rings. The number of benzene rings is 2. The summed E-state index contributed by atoms with van der Waals surface area (Å²) in [7, 11) is 0. The molecule has 1 N–H and O–H groups in total. The van der Waals surface area contributed by atoms with Crippen LogP contribution in [0.4, 0.5) is 0 Å². The first-order chi connectivity index (χ1) is 11.2. The van der Waals surface area contributed by atoms with Crippen molar-refractivity contribution in [3.8, 4) is 0 Å². The van der Waals surface area contributed by atoms with Crippen LogP contribution in [0.3, 0.4) is 0 Å². The first-order valence-corrected chi connectivity index (χ1v) is 9.03. The highest BCUT2D eigenvalue weighted by Gasteiger charge is 2.11. The van der Waals surface area contributed by atoms with E-state index in [9.17, 15) is 4.79 Å². The molecule has 0 saturated carbocycles. The Labute approximate surface area is 146 Å². The second kappa shape index (κ2) is 9.43. The number of rotatable bonds is 7. The van der Waals surface area contributed by atoms with Crippen molar-refractivity contribution in [2.45, 2.75) is 13.0 Å². The summed E-state index contributed by atoms with van der Waals surface area (Å²) < 4.78 is 0. The van der Waals surface area contributed by atoms with E-state index >= 15 is 0 Å². The first kappa shape index (κ1) is 17.6. The lowest BCUT2D eigenvalue weighted by atomic mass is 10.1. The summed E-state index contributed by atoms with van der Waals surface area (Å²) >= 11 is 7.73. The third-order valence-corrected chi connectivity index (χ3v) is 4.55. The van der Waals surface area contributed by atoms with E-state index in [1.54, 1.807) is 11.8 Å². The lowest BCUT2D eigenvalue weighted by Gasteiger charge is -2.15. The largest absolute Gasteiger partial charge is 0.349 e. The number of nitrogens with one attached hydrogen (secondary N) is 1. The molecule has 120 valence electrons. The van der Waals surface area contributed by atoms with Crippen LogP contribution in [-0.2, 0) is 4.79 Å². The number of thioether (sulfide) groups is 1. The Bertz CT molecular complexity index is 657. The predicted octanol–water partition coefficient (Wildman–Crippen LogP) is 4.96. The Morgan fingerprint density at radius 1 is 1.17 bits per heavy atom. The quantitative estimate of drug-likeness (QED) is 0.718. The van der Waals surface area contributed by atoms with E-state index in [0.717, 1.165) is 11.3 Å². The molecule has 0 aliphatic heterocycles. The maximum absolute atomic E-state index is 12.0. The topological polar surface area (TPSA) is 29.1 Å². The highest BCUT2D eigenvalue weighted by molar-refractivity contribution is 8.00. The summed E-state index contributed by atoms with van der Waals surface area (Å²) in [6.45, 7) is 1.94. The molecule has 0 aromatic heterocycles. The van der Waals surface area contributed by atoms with Gasteiger partial charge in [-0.1, -0.05) is 72.3 Å². The molecule has 1 unspecified atom stereocenters. The Balaban J connectivity index is 1.71. The summed E-state index contributed by atoms with van der Waals surface area (Å²) in [5.74, 6) is 1.27. The molecule has 0 bridgehead atoms. The molecular weight excluding hydrogens is 326 g/mol. The van der Waals surface area contributed by atoms with E-state index in [1.165, 1.54) is 5.56 Å². The highest BCUT2D eigenvalue weighted by atomic mass is 35.5. The average molecular weight is 346 g/mol. The number of carbonyl (C=O) groups excluding carboxylic acids is 1. The van der Waals surface area contributed by atoms with Crippen molar-refractivity contribution in [2.24, 2.45) is 0 Å². The molecule has 2 aromatic rings. The van der Waals surface area contributed by atoms with Gasteiger partial charge in [0.1, 0.15) is 0 Å². The van der Waals surface area contributed by atoms with Crippen molar-refractivity contribution in [1.29, 1.82) is 0 Å². The molecule has 4 heteroatoms. The maximum Gasteiger partial charge on any atom is 0.230 e. The minimum atomic E-state index is -0.0864. The second-order valence-electron chi connectivity index (χ2n) is 5.14. The third-order valence-electron chi connectivity index (χ3n) is 3.31. The fourth-order valence-electron chi connectivity index (χ4n) is 2.16. The van der Waals surface area contributed by atoms with E-state index < -0.39 is 0 Å². The molecule has 1 atom stereocenters. The van der Waals surface area contributed by atoms with E-state index in [-0.39, 0.29) is 11.9 Å². The summed E-state index contributed by atoms with van der Waals surface area (Å²) in [5.41, 5.74) is 2.11. The van der Waals surface area contributed by atoms with Gasteiger partial charge >= 0.3 is 0 Å². The molecule has 23 heavy (non-hydrogen) atoms. The van der Waals surface area contributed by atoms with Crippen LogP contribution < -0.4 is 5.32 Å². The summed E-state index contributed by atoms with van der Waals surface area (Å²) in [6.07, 6.45) is 4.14. The van der Waals surface area contributed by atoms with Crippen molar-refractivity contribution in [3.05, 3.63) is 76.8 Å². The number of amides is 1. The monoisotopic (exact) mass is 345 g/mol. The second-order valence-corrected chi connectivity index (χ2v) is 6.58. The Morgan fingerprint density at radius 2 is 1.87 bits per heavy atom. The van der Waals surface area contributed by atoms with Crippen LogP contribution in [0, 0.1) is 0 Å². The van der Waals surface area contributed by atoms with Gasteiger partial charge in [-0.3, -0.25) is 4.79 Å². The molecule has 0 aliphatic carbocycles. The van der Waals surface area contributed by atoms with Crippen LogP contribution in [0.15, 0.2) is 60.7 Å². The SMILES string of the molecule is CC(NC(=O)CSCC=Cc1ccccc1)c1ccccc1Cl. The minimum absolute atomic E-state index is 0.0236. The molecule has 0 aliphatic rings. The molecule has 0 radical (unpaired) electrons. The number of hydrogen-bond acceptors (Lipinski definition) is 2. The van der Waals surface area contributed by atoms with Gasteiger partial charge in [0.25, 0.3) is 0 Å².